The van der Waals surface area contributed by atoms with Gasteiger partial charge in [-0.3, -0.25) is 5.10 Å². The maximum absolute atomic E-state index is 12.8. The van der Waals surface area contributed by atoms with E-state index in [1.165, 1.54) is 18.4 Å². The Labute approximate surface area is 132 Å². The topological polar surface area (TPSA) is 61.0 Å². The zero-order chi connectivity index (χ0) is 15.5. The maximum Gasteiger partial charge on any atom is 0.318 e. The van der Waals surface area contributed by atoms with Crippen LogP contribution in [0.4, 0.5) is 4.79 Å². The predicted octanol–water partition coefficient (Wildman–Crippen LogP) is 3.37. The Morgan fingerprint density at radius 2 is 2.05 bits per heavy atom. The van der Waals surface area contributed by atoms with Gasteiger partial charge in [-0.1, -0.05) is 25.0 Å². The monoisotopic (exact) mass is 302 g/mol. The van der Waals surface area contributed by atoms with Crippen LogP contribution in [0.3, 0.4) is 0 Å². The van der Waals surface area contributed by atoms with E-state index in [9.17, 15) is 4.79 Å². The average Bonchev–Trinajstić information content (AvgIpc) is 3.03. The van der Waals surface area contributed by atoms with Crippen LogP contribution in [0.2, 0.25) is 0 Å². The highest BCUT2D eigenvalue weighted by Gasteiger charge is 2.31. The van der Waals surface area contributed by atoms with Gasteiger partial charge in [-0.15, -0.1) is 0 Å². The van der Waals surface area contributed by atoms with E-state index in [0.29, 0.717) is 0 Å². The van der Waals surface area contributed by atoms with Crippen molar-refractivity contribution in [1.82, 2.24) is 20.4 Å². The van der Waals surface area contributed by atoms with Crippen molar-refractivity contribution < 1.29 is 4.79 Å². The molecule has 5 heteroatoms. The van der Waals surface area contributed by atoms with E-state index in [-0.39, 0.29) is 18.1 Å². The minimum Gasteiger partial charge on any atom is -0.335 e. The van der Waals surface area contributed by atoms with Crippen molar-refractivity contribution >= 4 is 6.03 Å². The van der Waals surface area contributed by atoms with Gasteiger partial charge in [-0.05, 0) is 39.5 Å². The van der Waals surface area contributed by atoms with Crippen molar-refractivity contribution in [3.63, 3.8) is 0 Å². The van der Waals surface area contributed by atoms with Crippen LogP contribution < -0.4 is 5.32 Å². The van der Waals surface area contributed by atoms with Gasteiger partial charge < -0.3 is 10.2 Å². The highest BCUT2D eigenvalue weighted by Crippen LogP contribution is 2.33. The fourth-order valence-corrected chi connectivity index (χ4v) is 3.69. The van der Waals surface area contributed by atoms with E-state index >= 15 is 0 Å². The van der Waals surface area contributed by atoms with Crippen molar-refractivity contribution in [1.29, 1.82) is 0 Å². The number of aromatic amines is 1. The van der Waals surface area contributed by atoms with Crippen LogP contribution in [-0.4, -0.2) is 33.7 Å². The number of urea groups is 1. The summed E-state index contributed by atoms with van der Waals surface area (Å²) in [7, 11) is 0. The quantitative estimate of drug-likeness (QED) is 0.823. The zero-order valence-electron chi connectivity index (χ0n) is 13.6. The highest BCUT2D eigenvalue weighted by atomic mass is 16.2. The first kappa shape index (κ1) is 15.1. The Balaban J connectivity index is 1.80. The van der Waals surface area contributed by atoms with Crippen molar-refractivity contribution in [2.24, 2.45) is 0 Å². The Kier molecular flexibility index (Phi) is 4.50. The summed E-state index contributed by atoms with van der Waals surface area (Å²) in [5, 5.41) is 10.6. The maximum atomic E-state index is 12.8. The van der Waals surface area contributed by atoms with E-state index in [0.717, 1.165) is 43.6 Å². The summed E-state index contributed by atoms with van der Waals surface area (Å²) in [6.45, 7) is 4.92. The molecule has 1 fully saturated rings. The lowest BCUT2D eigenvalue weighted by atomic mass is 9.99. The first-order valence-electron chi connectivity index (χ1n) is 8.40. The number of H-pyrrole nitrogens is 1. The number of aromatic nitrogens is 2. The van der Waals surface area contributed by atoms with Gasteiger partial charge in [-0.2, -0.15) is 5.10 Å². The van der Waals surface area contributed by atoms with Gasteiger partial charge in [0, 0.05) is 23.8 Å². The zero-order valence-corrected chi connectivity index (χ0v) is 13.6. The lowest BCUT2D eigenvalue weighted by molar-refractivity contribution is 0.172. The Morgan fingerprint density at radius 3 is 2.73 bits per heavy atom. The molecule has 0 aromatic carbocycles. The van der Waals surface area contributed by atoms with Crippen molar-refractivity contribution in [3.8, 4) is 0 Å². The summed E-state index contributed by atoms with van der Waals surface area (Å²) >= 11 is 0. The van der Waals surface area contributed by atoms with Gasteiger partial charge in [0.15, 0.2) is 0 Å². The minimum atomic E-state index is 0.0839. The number of nitrogens with zero attached hydrogens (tertiary/aromatic N) is 2. The van der Waals surface area contributed by atoms with E-state index in [1.54, 1.807) is 0 Å². The molecule has 1 aromatic heterocycles. The van der Waals surface area contributed by atoms with Crippen LogP contribution in [0, 0.1) is 13.8 Å². The molecule has 120 valence electrons. The van der Waals surface area contributed by atoms with E-state index in [1.807, 2.05) is 11.8 Å². The SMILES string of the molecule is Cc1n[nH]c(C)c1[C@H]1CCCCCN1C(=O)NC1CC=CC1. The smallest absolute Gasteiger partial charge is 0.318 e. The third-order valence-electron chi connectivity index (χ3n) is 4.87. The molecule has 1 atom stereocenters. The highest BCUT2D eigenvalue weighted by molar-refractivity contribution is 5.75. The molecule has 3 rings (SSSR count). The third kappa shape index (κ3) is 3.03. The van der Waals surface area contributed by atoms with Gasteiger partial charge in [0.05, 0.1) is 11.7 Å². The number of aryl methyl sites for hydroxylation is 2. The largest absolute Gasteiger partial charge is 0.335 e. The molecule has 0 unspecified atom stereocenters. The summed E-state index contributed by atoms with van der Waals surface area (Å²) in [4.78, 5) is 14.8. The average molecular weight is 302 g/mol. The molecule has 2 heterocycles. The Morgan fingerprint density at radius 1 is 1.27 bits per heavy atom. The second kappa shape index (κ2) is 6.55. The number of hydrogen-bond donors (Lipinski definition) is 2. The lowest BCUT2D eigenvalue weighted by Gasteiger charge is -2.31. The molecule has 2 aliphatic rings. The van der Waals surface area contributed by atoms with Crippen molar-refractivity contribution in [2.75, 3.05) is 6.54 Å². The van der Waals surface area contributed by atoms with Gasteiger partial charge in [-0.25, -0.2) is 4.79 Å². The van der Waals surface area contributed by atoms with Gasteiger partial charge in [0.2, 0.25) is 0 Å². The number of amides is 2. The van der Waals surface area contributed by atoms with E-state index < -0.39 is 0 Å². The first-order chi connectivity index (χ1) is 10.7. The molecule has 0 radical (unpaired) electrons. The number of likely N-dealkylation sites (tertiary alicyclic amines) is 1. The van der Waals surface area contributed by atoms with E-state index in [4.69, 9.17) is 0 Å². The number of carbonyl (C=O) groups excluding carboxylic acids is 1. The lowest BCUT2D eigenvalue weighted by Crippen LogP contribution is -2.45. The van der Waals surface area contributed by atoms with Crippen LogP contribution in [0.1, 0.15) is 61.5 Å². The van der Waals surface area contributed by atoms with Crippen LogP contribution in [0.5, 0.6) is 0 Å². The standard InChI is InChI=1S/C17H26N4O/c1-12-16(13(2)20-19-12)15-10-4-3-7-11-21(15)17(22)18-14-8-5-6-9-14/h5-6,14-15H,3-4,7-11H2,1-2H3,(H,18,22)(H,19,20)/t15-/m1/s1. The molecule has 2 amide bonds. The fourth-order valence-electron chi connectivity index (χ4n) is 3.69. The number of hydrogen-bond acceptors (Lipinski definition) is 2. The van der Waals surface area contributed by atoms with Crippen molar-refractivity contribution in [3.05, 3.63) is 29.1 Å². The van der Waals surface area contributed by atoms with Crippen LogP contribution >= 0.6 is 0 Å². The summed E-state index contributed by atoms with van der Waals surface area (Å²) < 4.78 is 0. The van der Waals surface area contributed by atoms with Gasteiger partial charge in [0.25, 0.3) is 0 Å². The molecule has 22 heavy (non-hydrogen) atoms. The molecule has 0 bridgehead atoms. The minimum absolute atomic E-state index is 0.0839. The van der Waals surface area contributed by atoms with Crippen LogP contribution in [-0.2, 0) is 0 Å². The molecule has 0 spiro atoms. The summed E-state index contributed by atoms with van der Waals surface area (Å²) in [6.07, 6.45) is 10.7. The number of rotatable bonds is 2. The molecule has 1 aliphatic carbocycles. The molecule has 1 aromatic rings. The number of carbonyl (C=O) groups is 1. The summed E-state index contributed by atoms with van der Waals surface area (Å²) in [6, 6.07) is 0.499. The molecule has 2 N–H and O–H groups in total. The fraction of sp³-hybridized carbons (Fsp3) is 0.647. The molecular weight excluding hydrogens is 276 g/mol. The Hall–Kier alpha value is -1.78. The molecule has 0 saturated carbocycles. The number of nitrogens with one attached hydrogen (secondary N) is 2. The molecule has 1 aliphatic heterocycles. The first-order valence-corrected chi connectivity index (χ1v) is 8.40. The molecular formula is C17H26N4O. The molecule has 5 nitrogen and oxygen atoms in total. The van der Waals surface area contributed by atoms with Gasteiger partial charge >= 0.3 is 6.03 Å². The van der Waals surface area contributed by atoms with E-state index in [2.05, 4.69) is 34.6 Å². The molecule has 1 saturated heterocycles. The van der Waals surface area contributed by atoms with Crippen LogP contribution in [0.15, 0.2) is 12.2 Å². The van der Waals surface area contributed by atoms with Gasteiger partial charge in [0.1, 0.15) is 0 Å². The third-order valence-corrected chi connectivity index (χ3v) is 4.87. The van der Waals surface area contributed by atoms with Crippen molar-refractivity contribution in [2.45, 2.75) is 64.5 Å². The Bertz CT molecular complexity index is 536. The summed E-state index contributed by atoms with van der Waals surface area (Å²) in [5.74, 6) is 0. The normalized spacial score (nSPS) is 22.8. The second-order valence-electron chi connectivity index (χ2n) is 6.50. The second-order valence-corrected chi connectivity index (χ2v) is 6.50. The van der Waals surface area contributed by atoms with Crippen LogP contribution in [0.25, 0.3) is 0 Å². The summed E-state index contributed by atoms with van der Waals surface area (Å²) in [5.41, 5.74) is 3.32. The predicted molar refractivity (Wildman–Crippen MR) is 86.7 cm³/mol.